The van der Waals surface area contributed by atoms with Crippen LogP contribution in [-0.4, -0.2) is 12.7 Å². The van der Waals surface area contributed by atoms with Gasteiger partial charge in [-0.1, -0.05) is 0 Å². The molecule has 4 nitrogen and oxygen atoms in total. The van der Waals surface area contributed by atoms with E-state index in [1.54, 1.807) is 25.3 Å². The third-order valence-electron chi connectivity index (χ3n) is 3.50. The van der Waals surface area contributed by atoms with Crippen LogP contribution in [-0.2, 0) is 6.42 Å². The second-order valence-electron chi connectivity index (χ2n) is 5.42. The molecule has 0 unspecified atom stereocenters. The first-order chi connectivity index (χ1) is 9.00. The van der Waals surface area contributed by atoms with Crippen LogP contribution in [0.5, 0.6) is 11.7 Å². The highest BCUT2D eigenvalue weighted by molar-refractivity contribution is 5.79. The van der Waals surface area contributed by atoms with Crippen LogP contribution in [0.3, 0.4) is 0 Å². The summed E-state index contributed by atoms with van der Waals surface area (Å²) in [4.78, 5) is 12.4. The van der Waals surface area contributed by atoms with Gasteiger partial charge in [-0.05, 0) is 38.8 Å². The van der Waals surface area contributed by atoms with E-state index >= 15 is 0 Å². The van der Waals surface area contributed by atoms with Gasteiger partial charge in [-0.2, -0.15) is 0 Å². The zero-order valence-electron chi connectivity index (χ0n) is 11.3. The molecule has 2 aromatic rings. The van der Waals surface area contributed by atoms with Gasteiger partial charge in [0.25, 0.3) is 5.95 Å². The van der Waals surface area contributed by atoms with Gasteiger partial charge < -0.3 is 13.9 Å². The van der Waals surface area contributed by atoms with Crippen molar-refractivity contribution in [3.05, 3.63) is 34.0 Å². The minimum absolute atomic E-state index is 0.00518. The van der Waals surface area contributed by atoms with Crippen molar-refractivity contribution in [2.75, 3.05) is 7.11 Å². The first kappa shape index (κ1) is 12.1. The predicted molar refractivity (Wildman–Crippen MR) is 72.1 cm³/mol. The maximum absolute atomic E-state index is 12.4. The lowest BCUT2D eigenvalue weighted by atomic mass is 9.95. The standard InChI is InChI=1S/C15H16O4/c1-15(2)7-6-11-13(16)10-5-4-9(17-3)8-12(10)18-14(11)19-15/h4-5,8H,6-7H2,1-3H3. The minimum atomic E-state index is -0.296. The van der Waals surface area contributed by atoms with E-state index in [0.717, 1.165) is 6.42 Å². The minimum Gasteiger partial charge on any atom is -0.497 e. The average Bonchev–Trinajstić information content (AvgIpc) is 2.36. The fourth-order valence-corrected chi connectivity index (χ4v) is 2.34. The zero-order valence-corrected chi connectivity index (χ0v) is 11.3. The Morgan fingerprint density at radius 1 is 1.32 bits per heavy atom. The third kappa shape index (κ3) is 1.97. The number of hydrogen-bond acceptors (Lipinski definition) is 4. The molecule has 1 aliphatic heterocycles. The highest BCUT2D eigenvalue weighted by Gasteiger charge is 2.30. The van der Waals surface area contributed by atoms with Crippen LogP contribution in [0.2, 0.25) is 0 Å². The van der Waals surface area contributed by atoms with Crippen LogP contribution >= 0.6 is 0 Å². The normalized spacial score (nSPS) is 16.8. The van der Waals surface area contributed by atoms with E-state index in [-0.39, 0.29) is 11.0 Å². The van der Waals surface area contributed by atoms with Crippen LogP contribution in [0.4, 0.5) is 0 Å². The summed E-state index contributed by atoms with van der Waals surface area (Å²) in [5.74, 6) is 1.01. The Labute approximate surface area is 110 Å². The molecular formula is C15H16O4. The SMILES string of the molecule is COc1ccc2c(=O)c3c(oc2c1)OC(C)(C)CC3. The van der Waals surface area contributed by atoms with E-state index in [1.807, 2.05) is 13.8 Å². The number of ether oxygens (including phenoxy) is 2. The maximum Gasteiger partial charge on any atom is 0.292 e. The fourth-order valence-electron chi connectivity index (χ4n) is 2.34. The van der Waals surface area contributed by atoms with Crippen molar-refractivity contribution in [3.8, 4) is 11.7 Å². The molecule has 0 fully saturated rings. The van der Waals surface area contributed by atoms with Crippen molar-refractivity contribution in [2.45, 2.75) is 32.3 Å². The van der Waals surface area contributed by atoms with Gasteiger partial charge in [0.15, 0.2) is 5.43 Å². The Balaban J connectivity index is 2.25. The molecule has 19 heavy (non-hydrogen) atoms. The van der Waals surface area contributed by atoms with Crippen molar-refractivity contribution in [1.29, 1.82) is 0 Å². The number of fused-ring (bicyclic) bond motifs is 2. The lowest BCUT2D eigenvalue weighted by Crippen LogP contribution is -2.34. The van der Waals surface area contributed by atoms with Gasteiger partial charge in [0, 0.05) is 6.07 Å². The van der Waals surface area contributed by atoms with Gasteiger partial charge in [-0.15, -0.1) is 0 Å². The number of benzene rings is 1. The Hall–Kier alpha value is -1.97. The van der Waals surface area contributed by atoms with Crippen molar-refractivity contribution >= 4 is 11.0 Å². The average molecular weight is 260 g/mol. The lowest BCUT2D eigenvalue weighted by Gasteiger charge is -2.30. The van der Waals surface area contributed by atoms with Crippen LogP contribution in [0.15, 0.2) is 27.4 Å². The summed E-state index contributed by atoms with van der Waals surface area (Å²) in [6.07, 6.45) is 1.50. The van der Waals surface area contributed by atoms with Crippen LogP contribution in [0, 0.1) is 0 Å². The molecule has 0 atom stereocenters. The quantitative estimate of drug-likeness (QED) is 0.791. The number of hydrogen-bond donors (Lipinski definition) is 0. The second-order valence-corrected chi connectivity index (χ2v) is 5.42. The van der Waals surface area contributed by atoms with Gasteiger partial charge in [0.1, 0.15) is 16.9 Å². The molecule has 1 aliphatic rings. The summed E-state index contributed by atoms with van der Waals surface area (Å²) in [5.41, 5.74) is 0.836. The molecule has 1 aromatic carbocycles. The molecule has 2 heterocycles. The van der Waals surface area contributed by atoms with Crippen molar-refractivity contribution in [1.82, 2.24) is 0 Å². The van der Waals surface area contributed by atoms with Gasteiger partial charge in [0.2, 0.25) is 0 Å². The van der Waals surface area contributed by atoms with Crippen LogP contribution in [0.1, 0.15) is 25.8 Å². The van der Waals surface area contributed by atoms with E-state index in [2.05, 4.69) is 0 Å². The number of rotatable bonds is 1. The Morgan fingerprint density at radius 2 is 2.11 bits per heavy atom. The largest absolute Gasteiger partial charge is 0.497 e. The molecule has 0 saturated heterocycles. The van der Waals surface area contributed by atoms with Gasteiger partial charge in [-0.3, -0.25) is 4.79 Å². The zero-order chi connectivity index (χ0) is 13.6. The first-order valence-corrected chi connectivity index (χ1v) is 6.33. The molecule has 4 heteroatoms. The van der Waals surface area contributed by atoms with Crippen LogP contribution in [0.25, 0.3) is 11.0 Å². The van der Waals surface area contributed by atoms with E-state index in [4.69, 9.17) is 13.9 Å². The summed E-state index contributed by atoms with van der Waals surface area (Å²) >= 11 is 0. The van der Waals surface area contributed by atoms with Gasteiger partial charge in [0.05, 0.1) is 18.1 Å². The predicted octanol–water partition coefficient (Wildman–Crippen LogP) is 2.91. The summed E-state index contributed by atoms with van der Waals surface area (Å²) in [6, 6.07) is 5.21. The first-order valence-electron chi connectivity index (χ1n) is 6.33. The molecule has 0 bridgehead atoms. The van der Waals surface area contributed by atoms with Gasteiger partial charge in [-0.25, -0.2) is 0 Å². The molecule has 0 aliphatic carbocycles. The van der Waals surface area contributed by atoms with E-state index in [0.29, 0.717) is 34.6 Å². The molecule has 0 saturated carbocycles. The molecular weight excluding hydrogens is 244 g/mol. The lowest BCUT2D eigenvalue weighted by molar-refractivity contribution is 0.0532. The summed E-state index contributed by atoms with van der Waals surface area (Å²) in [5, 5.41) is 0.572. The molecule has 1 aromatic heterocycles. The second kappa shape index (κ2) is 4.02. The number of methoxy groups -OCH3 is 1. The molecule has 0 amide bonds. The van der Waals surface area contributed by atoms with Gasteiger partial charge >= 0.3 is 0 Å². The molecule has 0 radical (unpaired) electrons. The molecule has 3 rings (SSSR count). The Bertz CT molecular complexity index is 697. The van der Waals surface area contributed by atoms with E-state index in [1.165, 1.54) is 0 Å². The van der Waals surface area contributed by atoms with Crippen molar-refractivity contribution < 1.29 is 13.9 Å². The summed E-state index contributed by atoms with van der Waals surface area (Å²) in [6.45, 7) is 3.98. The van der Waals surface area contributed by atoms with E-state index < -0.39 is 0 Å². The Morgan fingerprint density at radius 3 is 2.84 bits per heavy atom. The van der Waals surface area contributed by atoms with Crippen molar-refractivity contribution in [3.63, 3.8) is 0 Å². The molecule has 100 valence electrons. The van der Waals surface area contributed by atoms with E-state index in [9.17, 15) is 4.79 Å². The molecule has 0 N–H and O–H groups in total. The van der Waals surface area contributed by atoms with Crippen LogP contribution < -0.4 is 14.9 Å². The topological polar surface area (TPSA) is 48.7 Å². The smallest absolute Gasteiger partial charge is 0.292 e. The highest BCUT2D eigenvalue weighted by Crippen LogP contribution is 2.34. The Kier molecular flexibility index (Phi) is 2.55. The van der Waals surface area contributed by atoms with Crippen molar-refractivity contribution in [2.24, 2.45) is 0 Å². The third-order valence-corrected chi connectivity index (χ3v) is 3.50. The summed E-state index contributed by atoms with van der Waals surface area (Å²) < 4.78 is 16.7. The monoisotopic (exact) mass is 260 g/mol. The maximum atomic E-state index is 12.4. The fraction of sp³-hybridized carbons (Fsp3) is 0.400. The summed E-state index contributed by atoms with van der Waals surface area (Å²) in [7, 11) is 1.58. The highest BCUT2D eigenvalue weighted by atomic mass is 16.6. The molecule has 0 spiro atoms.